The Kier molecular flexibility index (Phi) is 5.68. The summed E-state index contributed by atoms with van der Waals surface area (Å²) >= 11 is 0. The third-order valence-electron chi connectivity index (χ3n) is 5.31. The van der Waals surface area contributed by atoms with E-state index in [2.05, 4.69) is 29.2 Å². The molecule has 0 aromatic heterocycles. The van der Waals surface area contributed by atoms with E-state index < -0.39 is 0 Å². The van der Waals surface area contributed by atoms with E-state index in [0.29, 0.717) is 18.9 Å². The van der Waals surface area contributed by atoms with Crippen LogP contribution in [0, 0.1) is 5.92 Å². The Morgan fingerprint density at radius 1 is 1.22 bits per heavy atom. The predicted molar refractivity (Wildman–Crippen MR) is 91.0 cm³/mol. The van der Waals surface area contributed by atoms with E-state index in [1.54, 1.807) is 0 Å². The van der Waals surface area contributed by atoms with Gasteiger partial charge in [0.1, 0.15) is 0 Å². The molecule has 0 spiro atoms. The average molecular weight is 316 g/mol. The minimum absolute atomic E-state index is 0.203. The molecular weight excluding hydrogens is 288 g/mol. The fourth-order valence-electron chi connectivity index (χ4n) is 3.83. The molecule has 1 aliphatic heterocycles. The van der Waals surface area contributed by atoms with Crippen LogP contribution in [0.5, 0.6) is 0 Å². The number of ether oxygens (including phenoxy) is 1. The largest absolute Gasteiger partial charge is 0.379 e. The van der Waals surface area contributed by atoms with Gasteiger partial charge in [0.25, 0.3) is 0 Å². The van der Waals surface area contributed by atoms with E-state index in [-0.39, 0.29) is 18.0 Å². The SMILES string of the molecule is N[C@@H]1CCC[C@H]1CC(=O)N(CCc1ccccc1)C1CCOC1. The van der Waals surface area contributed by atoms with Gasteiger partial charge in [0.05, 0.1) is 12.6 Å². The van der Waals surface area contributed by atoms with Crippen LogP contribution in [0.1, 0.15) is 37.7 Å². The number of hydrogen-bond acceptors (Lipinski definition) is 3. The Balaban J connectivity index is 1.61. The van der Waals surface area contributed by atoms with Crippen LogP contribution >= 0.6 is 0 Å². The molecule has 1 aromatic carbocycles. The van der Waals surface area contributed by atoms with E-state index in [4.69, 9.17) is 10.5 Å². The van der Waals surface area contributed by atoms with E-state index >= 15 is 0 Å². The molecule has 3 atom stereocenters. The van der Waals surface area contributed by atoms with Crippen molar-refractivity contribution in [2.24, 2.45) is 11.7 Å². The summed E-state index contributed by atoms with van der Waals surface area (Å²) in [5, 5.41) is 0. The number of nitrogens with zero attached hydrogens (tertiary/aromatic N) is 1. The minimum atomic E-state index is 0.203. The second-order valence-electron chi connectivity index (χ2n) is 6.90. The minimum Gasteiger partial charge on any atom is -0.379 e. The molecule has 1 aromatic rings. The second-order valence-corrected chi connectivity index (χ2v) is 6.90. The molecule has 1 unspecified atom stereocenters. The van der Waals surface area contributed by atoms with Crippen LogP contribution in [0.25, 0.3) is 0 Å². The molecule has 0 bridgehead atoms. The molecule has 1 heterocycles. The maximum Gasteiger partial charge on any atom is 0.223 e. The standard InChI is InChI=1S/C19H28N2O2/c20-18-8-4-7-16(18)13-19(22)21(17-10-12-23-14-17)11-9-15-5-2-1-3-6-15/h1-3,5-6,16-18H,4,7-14,20H2/t16-,17?,18+/m0/s1. The van der Waals surface area contributed by atoms with Crippen LogP contribution in [0.4, 0.5) is 0 Å². The van der Waals surface area contributed by atoms with Crippen LogP contribution in [0.15, 0.2) is 30.3 Å². The third kappa shape index (κ3) is 4.33. The summed E-state index contributed by atoms with van der Waals surface area (Å²) in [6.45, 7) is 2.22. The third-order valence-corrected chi connectivity index (χ3v) is 5.31. The molecular formula is C19H28N2O2. The first-order valence-corrected chi connectivity index (χ1v) is 8.91. The first-order valence-electron chi connectivity index (χ1n) is 8.91. The number of nitrogens with two attached hydrogens (primary N) is 1. The van der Waals surface area contributed by atoms with Crippen molar-refractivity contribution in [1.29, 1.82) is 0 Å². The molecule has 4 heteroatoms. The summed E-state index contributed by atoms with van der Waals surface area (Å²) in [6, 6.07) is 10.8. The Hall–Kier alpha value is -1.39. The van der Waals surface area contributed by atoms with Crippen molar-refractivity contribution in [2.75, 3.05) is 19.8 Å². The monoisotopic (exact) mass is 316 g/mol. The van der Waals surface area contributed by atoms with Gasteiger partial charge in [-0.1, -0.05) is 36.8 Å². The number of carbonyl (C=O) groups excluding carboxylic acids is 1. The first-order chi connectivity index (χ1) is 11.2. The van der Waals surface area contributed by atoms with Gasteiger partial charge in [0, 0.05) is 25.6 Å². The van der Waals surface area contributed by atoms with Gasteiger partial charge in [-0.25, -0.2) is 0 Å². The van der Waals surface area contributed by atoms with Gasteiger partial charge in [0.15, 0.2) is 0 Å². The van der Waals surface area contributed by atoms with Crippen LogP contribution in [0.3, 0.4) is 0 Å². The van der Waals surface area contributed by atoms with Gasteiger partial charge in [-0.3, -0.25) is 4.79 Å². The second kappa shape index (κ2) is 7.93. The fourth-order valence-corrected chi connectivity index (χ4v) is 3.83. The molecule has 4 nitrogen and oxygen atoms in total. The zero-order valence-corrected chi connectivity index (χ0v) is 13.8. The van der Waals surface area contributed by atoms with Crippen LogP contribution in [-0.4, -0.2) is 42.6 Å². The van der Waals surface area contributed by atoms with Gasteiger partial charge in [-0.2, -0.15) is 0 Å². The van der Waals surface area contributed by atoms with Crippen molar-refractivity contribution in [3.63, 3.8) is 0 Å². The predicted octanol–water partition coefficient (Wildman–Crippen LogP) is 2.36. The summed E-state index contributed by atoms with van der Waals surface area (Å²) in [7, 11) is 0. The molecule has 2 fully saturated rings. The summed E-state index contributed by atoms with van der Waals surface area (Å²) in [5.41, 5.74) is 7.43. The highest BCUT2D eigenvalue weighted by molar-refractivity contribution is 5.77. The quantitative estimate of drug-likeness (QED) is 0.876. The number of benzene rings is 1. The van der Waals surface area contributed by atoms with Crippen LogP contribution in [-0.2, 0) is 16.0 Å². The molecule has 2 N–H and O–H groups in total. The van der Waals surface area contributed by atoms with Crippen molar-refractivity contribution in [3.8, 4) is 0 Å². The summed E-state index contributed by atoms with van der Waals surface area (Å²) < 4.78 is 5.51. The van der Waals surface area contributed by atoms with Crippen molar-refractivity contribution in [3.05, 3.63) is 35.9 Å². The number of carbonyl (C=O) groups is 1. The van der Waals surface area contributed by atoms with Gasteiger partial charge < -0.3 is 15.4 Å². The maximum absolute atomic E-state index is 12.9. The molecule has 1 saturated heterocycles. The number of amides is 1. The molecule has 2 aliphatic rings. The molecule has 3 rings (SSSR count). The first kappa shape index (κ1) is 16.5. The summed E-state index contributed by atoms with van der Waals surface area (Å²) in [4.78, 5) is 14.9. The Labute approximate surface area is 139 Å². The maximum atomic E-state index is 12.9. The van der Waals surface area contributed by atoms with E-state index in [1.807, 2.05) is 6.07 Å². The topological polar surface area (TPSA) is 55.6 Å². The lowest BCUT2D eigenvalue weighted by Gasteiger charge is -2.30. The average Bonchev–Trinajstić information content (AvgIpc) is 3.22. The summed E-state index contributed by atoms with van der Waals surface area (Å²) in [6.07, 6.45) is 5.79. The fraction of sp³-hybridized carbons (Fsp3) is 0.632. The van der Waals surface area contributed by atoms with Gasteiger partial charge in [-0.05, 0) is 37.2 Å². The highest BCUT2D eigenvalue weighted by Gasteiger charge is 2.31. The lowest BCUT2D eigenvalue weighted by atomic mass is 9.98. The van der Waals surface area contributed by atoms with Crippen LogP contribution < -0.4 is 5.73 Å². The van der Waals surface area contributed by atoms with Crippen molar-refractivity contribution in [2.45, 2.75) is 50.6 Å². The zero-order valence-electron chi connectivity index (χ0n) is 13.8. The highest BCUT2D eigenvalue weighted by atomic mass is 16.5. The molecule has 1 saturated carbocycles. The van der Waals surface area contributed by atoms with E-state index in [9.17, 15) is 4.79 Å². The van der Waals surface area contributed by atoms with Crippen molar-refractivity contribution in [1.82, 2.24) is 4.90 Å². The van der Waals surface area contributed by atoms with Gasteiger partial charge in [0.2, 0.25) is 5.91 Å². The van der Waals surface area contributed by atoms with Gasteiger partial charge in [-0.15, -0.1) is 0 Å². The molecule has 1 amide bonds. The normalized spacial score (nSPS) is 27.3. The Morgan fingerprint density at radius 2 is 2.04 bits per heavy atom. The van der Waals surface area contributed by atoms with Gasteiger partial charge >= 0.3 is 0 Å². The number of rotatable bonds is 6. The molecule has 1 aliphatic carbocycles. The molecule has 126 valence electrons. The van der Waals surface area contributed by atoms with Crippen molar-refractivity contribution >= 4 is 5.91 Å². The highest BCUT2D eigenvalue weighted by Crippen LogP contribution is 2.28. The Morgan fingerprint density at radius 3 is 2.70 bits per heavy atom. The van der Waals surface area contributed by atoms with Crippen LogP contribution in [0.2, 0.25) is 0 Å². The Bertz CT molecular complexity index is 499. The molecule has 23 heavy (non-hydrogen) atoms. The smallest absolute Gasteiger partial charge is 0.223 e. The number of hydrogen-bond donors (Lipinski definition) is 1. The van der Waals surface area contributed by atoms with Crippen molar-refractivity contribution < 1.29 is 9.53 Å². The van der Waals surface area contributed by atoms with E-state index in [1.165, 1.54) is 5.56 Å². The summed E-state index contributed by atoms with van der Waals surface area (Å²) in [5.74, 6) is 0.628. The molecule has 0 radical (unpaired) electrons. The van der Waals surface area contributed by atoms with E-state index in [0.717, 1.165) is 45.3 Å². The lowest BCUT2D eigenvalue weighted by molar-refractivity contribution is -0.134. The lowest BCUT2D eigenvalue weighted by Crippen LogP contribution is -2.43. The zero-order chi connectivity index (χ0) is 16.1.